The zero-order chi connectivity index (χ0) is 10.9. The van der Waals surface area contributed by atoms with Crippen LogP contribution in [0.3, 0.4) is 0 Å². The lowest BCUT2D eigenvalue weighted by atomic mass is 10.1. The minimum Gasteiger partial charge on any atom is -0.396 e. The van der Waals surface area contributed by atoms with E-state index in [1.165, 1.54) is 17.5 Å². The number of unbranched alkanes of at least 4 members (excludes halogenated alkanes) is 3. The molecule has 0 bridgehead atoms. The molecule has 82 valence electrons. The second kappa shape index (κ2) is 7.24. The van der Waals surface area contributed by atoms with Crippen molar-refractivity contribution >= 4 is 6.08 Å². The van der Waals surface area contributed by atoms with Gasteiger partial charge in [0, 0.05) is 6.61 Å². The normalized spacial score (nSPS) is 11.1. The van der Waals surface area contributed by atoms with Gasteiger partial charge in [-0.05, 0) is 31.7 Å². The molecule has 1 aromatic carbocycles. The summed E-state index contributed by atoms with van der Waals surface area (Å²) in [5, 5.41) is 8.61. The molecule has 0 aliphatic heterocycles. The lowest BCUT2D eigenvalue weighted by Gasteiger charge is -1.96. The third-order valence-corrected chi connectivity index (χ3v) is 2.38. The summed E-state index contributed by atoms with van der Waals surface area (Å²) in [5.41, 5.74) is 2.58. The summed E-state index contributed by atoms with van der Waals surface area (Å²) in [6.07, 6.45) is 8.71. The first kappa shape index (κ1) is 12.0. The maximum atomic E-state index is 8.61. The molecule has 0 amide bonds. The molecule has 0 atom stereocenters. The van der Waals surface area contributed by atoms with Crippen molar-refractivity contribution in [3.05, 3.63) is 41.5 Å². The van der Waals surface area contributed by atoms with Crippen molar-refractivity contribution in [3.8, 4) is 0 Å². The smallest absolute Gasteiger partial charge is 0.0431 e. The molecule has 0 unspecified atom stereocenters. The monoisotopic (exact) mass is 204 g/mol. The Kier molecular flexibility index (Phi) is 5.79. The van der Waals surface area contributed by atoms with Crippen molar-refractivity contribution < 1.29 is 5.11 Å². The van der Waals surface area contributed by atoms with Crippen LogP contribution < -0.4 is 0 Å². The number of hydrogen-bond acceptors (Lipinski definition) is 1. The van der Waals surface area contributed by atoms with Crippen molar-refractivity contribution in [1.82, 2.24) is 0 Å². The number of rotatable bonds is 6. The van der Waals surface area contributed by atoms with Gasteiger partial charge >= 0.3 is 0 Å². The molecule has 0 saturated heterocycles. The first-order chi connectivity index (χ1) is 7.33. The van der Waals surface area contributed by atoms with Crippen LogP contribution in [-0.4, -0.2) is 11.7 Å². The van der Waals surface area contributed by atoms with Gasteiger partial charge in [-0.1, -0.05) is 48.4 Å². The largest absolute Gasteiger partial charge is 0.396 e. The van der Waals surface area contributed by atoms with Gasteiger partial charge < -0.3 is 5.11 Å². The van der Waals surface area contributed by atoms with Gasteiger partial charge in [0.05, 0.1) is 0 Å². The minimum atomic E-state index is 0.321. The van der Waals surface area contributed by atoms with E-state index in [0.29, 0.717) is 6.61 Å². The molecule has 1 N–H and O–H groups in total. The van der Waals surface area contributed by atoms with Gasteiger partial charge in [-0.3, -0.25) is 0 Å². The van der Waals surface area contributed by atoms with Crippen molar-refractivity contribution in [2.75, 3.05) is 6.61 Å². The van der Waals surface area contributed by atoms with Crippen LogP contribution in [0.1, 0.15) is 36.8 Å². The van der Waals surface area contributed by atoms with Crippen LogP contribution in [0.4, 0.5) is 0 Å². The summed E-state index contributed by atoms with van der Waals surface area (Å²) in [7, 11) is 0. The molecule has 1 heteroatoms. The Labute approximate surface area is 92.5 Å². The first-order valence-corrected chi connectivity index (χ1v) is 5.67. The Morgan fingerprint density at radius 2 is 2.07 bits per heavy atom. The van der Waals surface area contributed by atoms with Gasteiger partial charge in [0.2, 0.25) is 0 Å². The van der Waals surface area contributed by atoms with Crippen LogP contribution in [0, 0.1) is 6.92 Å². The standard InChI is InChI=1S/C14H20O/c1-13-8-7-10-14(12-13)9-5-3-2-4-6-11-15/h5,7-10,12,15H,2-4,6,11H2,1H3/b9-5+. The molecular weight excluding hydrogens is 184 g/mol. The second-order valence-electron chi connectivity index (χ2n) is 3.89. The van der Waals surface area contributed by atoms with Gasteiger partial charge in [0.15, 0.2) is 0 Å². The molecule has 1 aromatic rings. The molecule has 15 heavy (non-hydrogen) atoms. The fourth-order valence-corrected chi connectivity index (χ4v) is 1.54. The highest BCUT2D eigenvalue weighted by molar-refractivity contribution is 5.49. The molecule has 0 radical (unpaired) electrons. The number of allylic oxidation sites excluding steroid dienone is 1. The average Bonchev–Trinajstić information content (AvgIpc) is 2.23. The topological polar surface area (TPSA) is 20.2 Å². The van der Waals surface area contributed by atoms with Crippen LogP contribution in [0.5, 0.6) is 0 Å². The third-order valence-electron chi connectivity index (χ3n) is 2.38. The summed E-state index contributed by atoms with van der Waals surface area (Å²) < 4.78 is 0. The van der Waals surface area contributed by atoms with Gasteiger partial charge in [-0.15, -0.1) is 0 Å². The second-order valence-corrected chi connectivity index (χ2v) is 3.89. The van der Waals surface area contributed by atoms with Crippen LogP contribution in [0.15, 0.2) is 30.3 Å². The molecule has 1 nitrogen and oxygen atoms in total. The van der Waals surface area contributed by atoms with Crippen LogP contribution in [0.2, 0.25) is 0 Å². The predicted octanol–water partition coefficient (Wildman–Crippen LogP) is 3.56. The van der Waals surface area contributed by atoms with E-state index in [4.69, 9.17) is 5.11 Å². The zero-order valence-electron chi connectivity index (χ0n) is 9.45. The Morgan fingerprint density at radius 3 is 2.80 bits per heavy atom. The quantitative estimate of drug-likeness (QED) is 0.702. The number of benzene rings is 1. The van der Waals surface area contributed by atoms with E-state index in [1.807, 2.05) is 0 Å². The van der Waals surface area contributed by atoms with E-state index < -0.39 is 0 Å². The summed E-state index contributed by atoms with van der Waals surface area (Å²) >= 11 is 0. The van der Waals surface area contributed by atoms with Crippen molar-refractivity contribution in [2.24, 2.45) is 0 Å². The molecule has 0 aromatic heterocycles. The average molecular weight is 204 g/mol. The molecule has 0 heterocycles. The van der Waals surface area contributed by atoms with Crippen LogP contribution >= 0.6 is 0 Å². The van der Waals surface area contributed by atoms with Crippen LogP contribution in [0.25, 0.3) is 6.08 Å². The van der Waals surface area contributed by atoms with E-state index in [2.05, 4.69) is 43.3 Å². The highest BCUT2D eigenvalue weighted by Crippen LogP contribution is 2.07. The maximum absolute atomic E-state index is 8.61. The number of aliphatic hydroxyl groups excluding tert-OH is 1. The Hall–Kier alpha value is -1.08. The molecule has 0 fully saturated rings. The maximum Gasteiger partial charge on any atom is 0.0431 e. The molecule has 0 aliphatic carbocycles. The molecule has 1 rings (SSSR count). The summed E-state index contributed by atoms with van der Waals surface area (Å²) in [4.78, 5) is 0. The highest BCUT2D eigenvalue weighted by atomic mass is 16.2. The predicted molar refractivity (Wildman–Crippen MR) is 65.8 cm³/mol. The summed E-state index contributed by atoms with van der Waals surface area (Å²) in [5.74, 6) is 0. The van der Waals surface area contributed by atoms with E-state index >= 15 is 0 Å². The fraction of sp³-hybridized carbons (Fsp3) is 0.429. The minimum absolute atomic E-state index is 0.321. The number of aliphatic hydroxyl groups is 1. The van der Waals surface area contributed by atoms with E-state index in [9.17, 15) is 0 Å². The molecule has 0 spiro atoms. The lowest BCUT2D eigenvalue weighted by molar-refractivity contribution is 0.283. The Bertz CT molecular complexity index is 302. The van der Waals surface area contributed by atoms with E-state index in [0.717, 1.165) is 19.3 Å². The Morgan fingerprint density at radius 1 is 1.20 bits per heavy atom. The Balaban J connectivity index is 2.26. The van der Waals surface area contributed by atoms with Gasteiger partial charge in [-0.2, -0.15) is 0 Å². The molecular formula is C14H20O. The summed E-state index contributed by atoms with van der Waals surface area (Å²) in [6, 6.07) is 8.50. The van der Waals surface area contributed by atoms with Crippen molar-refractivity contribution in [2.45, 2.75) is 32.6 Å². The van der Waals surface area contributed by atoms with Crippen molar-refractivity contribution in [3.63, 3.8) is 0 Å². The van der Waals surface area contributed by atoms with E-state index in [1.54, 1.807) is 0 Å². The number of hydrogen-bond donors (Lipinski definition) is 1. The van der Waals surface area contributed by atoms with Gasteiger partial charge in [0.1, 0.15) is 0 Å². The highest BCUT2D eigenvalue weighted by Gasteiger charge is 1.88. The van der Waals surface area contributed by atoms with Gasteiger partial charge in [-0.25, -0.2) is 0 Å². The van der Waals surface area contributed by atoms with Crippen LogP contribution in [-0.2, 0) is 0 Å². The van der Waals surface area contributed by atoms with E-state index in [-0.39, 0.29) is 0 Å². The zero-order valence-corrected chi connectivity index (χ0v) is 9.45. The third kappa shape index (κ3) is 5.38. The summed E-state index contributed by atoms with van der Waals surface area (Å²) in [6.45, 7) is 2.43. The molecule has 0 aliphatic rings. The lowest BCUT2D eigenvalue weighted by Crippen LogP contribution is -1.81. The fourth-order valence-electron chi connectivity index (χ4n) is 1.54. The molecule has 0 saturated carbocycles. The first-order valence-electron chi connectivity index (χ1n) is 5.67. The van der Waals surface area contributed by atoms with Gasteiger partial charge in [0.25, 0.3) is 0 Å². The SMILES string of the molecule is Cc1cccc(/C=C/CCCCCO)c1. The van der Waals surface area contributed by atoms with Crippen molar-refractivity contribution in [1.29, 1.82) is 0 Å². The number of aryl methyl sites for hydroxylation is 1.